The molecule has 7 heteroatoms. The van der Waals surface area contributed by atoms with Crippen molar-refractivity contribution in [3.63, 3.8) is 0 Å². The molecule has 1 aliphatic heterocycles. The van der Waals surface area contributed by atoms with E-state index < -0.39 is 39.0 Å². The van der Waals surface area contributed by atoms with Gasteiger partial charge in [-0.1, -0.05) is 149 Å². The second-order valence-electron chi connectivity index (χ2n) is 12.8. The summed E-state index contributed by atoms with van der Waals surface area (Å²) in [6.07, 6.45) is -3.86. The lowest BCUT2D eigenvalue weighted by Crippen LogP contribution is -2.67. The molecule has 0 amide bonds. The van der Waals surface area contributed by atoms with Crippen LogP contribution in [-0.4, -0.2) is 57.8 Å². The number of benzene rings is 4. The highest BCUT2D eigenvalue weighted by molar-refractivity contribution is 6.99. The highest BCUT2D eigenvalue weighted by atomic mass is 28.4. The molecule has 0 saturated carbocycles. The van der Waals surface area contributed by atoms with Crippen molar-refractivity contribution in [2.24, 2.45) is 0 Å². The monoisotopic (exact) mass is 638 g/mol. The molecule has 5 atom stereocenters. The molecule has 0 radical (unpaired) electrons. The summed E-state index contributed by atoms with van der Waals surface area (Å²) in [5, 5.41) is 13.9. The summed E-state index contributed by atoms with van der Waals surface area (Å²) in [5.41, 5.74) is 2.62. The van der Waals surface area contributed by atoms with Gasteiger partial charge in [-0.15, -0.1) is 0 Å². The van der Waals surface area contributed by atoms with Crippen molar-refractivity contribution in [3.8, 4) is 0 Å². The average molecular weight is 639 g/mol. The molecule has 1 heterocycles. The number of ether oxygens (including phenoxy) is 4. The van der Waals surface area contributed by atoms with Crippen LogP contribution < -0.4 is 10.4 Å². The third-order valence-electron chi connectivity index (χ3n) is 8.61. The summed E-state index contributed by atoms with van der Waals surface area (Å²) in [7, 11) is -1.32. The first-order valence-electron chi connectivity index (χ1n) is 15.9. The number of aliphatic hydroxyl groups excluding tert-OH is 1. The maximum absolute atomic E-state index is 11.8. The molecule has 0 unspecified atom stereocenters. The Morgan fingerprint density at radius 2 is 1.20 bits per heavy atom. The Morgan fingerprint density at radius 1 is 0.739 bits per heavy atom. The Bertz CT molecular complexity index is 1450. The molecule has 5 rings (SSSR count). The summed E-state index contributed by atoms with van der Waals surface area (Å²) in [6.45, 7) is 11.8. The van der Waals surface area contributed by atoms with Gasteiger partial charge in [-0.25, -0.2) is 0 Å². The van der Waals surface area contributed by atoms with Crippen LogP contribution >= 0.6 is 0 Å². The van der Waals surface area contributed by atoms with Crippen molar-refractivity contribution < 1.29 is 28.5 Å². The van der Waals surface area contributed by atoms with Crippen molar-refractivity contribution >= 4 is 18.7 Å². The SMILES string of the molecule is C=C1[C@H](OCc2ccccc2)[C@@H](OCc2ccccc2)[C@@H](OC)O[C@@H]1[C@@H](O)CO[Si](c1ccccc1)(c1ccccc1)C(C)(C)C. The standard InChI is InChI=1S/C39H46O6Si/c1-29-35(34(40)28-44-46(39(2,3)4,32-22-14-8-15-23-32)33-24-16-9-17-25-33)45-38(41-5)37(43-27-31-20-12-7-13-21-31)36(29)42-26-30-18-10-6-11-19-30/h6-25,34-38,40H,1,26-28H2,2-5H3/t34-,35-,36-,37+,38-/m0/s1. The molecule has 4 aromatic carbocycles. The Hall–Kier alpha value is -3.40. The second-order valence-corrected chi connectivity index (χ2v) is 17.1. The van der Waals surface area contributed by atoms with Crippen molar-refractivity contribution in [3.05, 3.63) is 145 Å². The summed E-state index contributed by atoms with van der Waals surface area (Å²) in [4.78, 5) is 0. The molecule has 1 fully saturated rings. The zero-order valence-corrected chi connectivity index (χ0v) is 28.3. The third-order valence-corrected chi connectivity index (χ3v) is 13.6. The van der Waals surface area contributed by atoms with Gasteiger partial charge in [-0.3, -0.25) is 0 Å². The number of aliphatic hydroxyl groups is 1. The van der Waals surface area contributed by atoms with E-state index in [2.05, 4.69) is 51.6 Å². The fourth-order valence-electron chi connectivity index (χ4n) is 6.31. The van der Waals surface area contributed by atoms with E-state index in [1.54, 1.807) is 7.11 Å². The van der Waals surface area contributed by atoms with Crippen LogP contribution in [0.25, 0.3) is 0 Å². The normalized spacial score (nSPS) is 21.2. The molecule has 242 valence electrons. The van der Waals surface area contributed by atoms with Crippen LogP contribution in [0, 0.1) is 0 Å². The van der Waals surface area contributed by atoms with Crippen LogP contribution in [0.3, 0.4) is 0 Å². The lowest BCUT2D eigenvalue weighted by Gasteiger charge is -2.46. The molecule has 0 bridgehead atoms. The van der Waals surface area contributed by atoms with Crippen molar-refractivity contribution in [2.75, 3.05) is 13.7 Å². The molecular formula is C39H46O6Si. The van der Waals surface area contributed by atoms with Gasteiger partial charge in [0, 0.05) is 7.11 Å². The lowest BCUT2D eigenvalue weighted by atomic mass is 9.93. The molecule has 6 nitrogen and oxygen atoms in total. The molecule has 4 aromatic rings. The van der Waals surface area contributed by atoms with E-state index in [-0.39, 0.29) is 11.6 Å². The van der Waals surface area contributed by atoms with Crippen LogP contribution in [0.1, 0.15) is 31.9 Å². The minimum atomic E-state index is -2.90. The molecule has 0 aliphatic carbocycles. The quantitative estimate of drug-likeness (QED) is 0.143. The highest BCUT2D eigenvalue weighted by Crippen LogP contribution is 2.38. The Kier molecular flexibility index (Phi) is 11.4. The number of rotatable bonds is 13. The molecular weight excluding hydrogens is 593 g/mol. The van der Waals surface area contributed by atoms with Crippen LogP contribution in [0.2, 0.25) is 5.04 Å². The van der Waals surface area contributed by atoms with Crippen LogP contribution in [-0.2, 0) is 36.6 Å². The maximum atomic E-state index is 11.8. The third kappa shape index (κ3) is 7.59. The zero-order valence-electron chi connectivity index (χ0n) is 27.3. The Labute approximate surface area is 274 Å². The minimum Gasteiger partial charge on any atom is -0.405 e. The predicted octanol–water partition coefficient (Wildman–Crippen LogP) is 6.02. The van der Waals surface area contributed by atoms with E-state index in [4.69, 9.17) is 23.4 Å². The number of hydrogen-bond acceptors (Lipinski definition) is 6. The largest absolute Gasteiger partial charge is 0.405 e. The van der Waals surface area contributed by atoms with Gasteiger partial charge in [0.15, 0.2) is 6.29 Å². The predicted molar refractivity (Wildman–Crippen MR) is 184 cm³/mol. The second kappa shape index (κ2) is 15.5. The molecule has 1 saturated heterocycles. The number of hydrogen-bond donors (Lipinski definition) is 1. The Balaban J connectivity index is 1.41. The molecule has 0 spiro atoms. The molecule has 1 aliphatic rings. The number of methoxy groups -OCH3 is 1. The zero-order chi connectivity index (χ0) is 32.6. The van der Waals surface area contributed by atoms with Crippen LogP contribution in [0.5, 0.6) is 0 Å². The van der Waals surface area contributed by atoms with Gasteiger partial charge in [-0.05, 0) is 32.1 Å². The van der Waals surface area contributed by atoms with Crippen LogP contribution in [0.4, 0.5) is 0 Å². The van der Waals surface area contributed by atoms with E-state index in [9.17, 15) is 5.11 Å². The van der Waals surface area contributed by atoms with E-state index in [0.717, 1.165) is 21.5 Å². The van der Waals surface area contributed by atoms with E-state index >= 15 is 0 Å². The van der Waals surface area contributed by atoms with Crippen molar-refractivity contribution in [1.82, 2.24) is 0 Å². The summed E-state index contributed by atoms with van der Waals surface area (Å²) in [5.74, 6) is 0. The molecule has 1 N–H and O–H groups in total. The van der Waals surface area contributed by atoms with Crippen LogP contribution in [0.15, 0.2) is 133 Å². The van der Waals surface area contributed by atoms with E-state index in [0.29, 0.717) is 18.8 Å². The van der Waals surface area contributed by atoms with Gasteiger partial charge in [-0.2, -0.15) is 0 Å². The Morgan fingerprint density at radius 3 is 1.65 bits per heavy atom. The summed E-state index contributed by atoms with van der Waals surface area (Å²) in [6, 6.07) is 40.7. The smallest absolute Gasteiger partial charge is 0.261 e. The van der Waals surface area contributed by atoms with Gasteiger partial charge in [0.25, 0.3) is 8.32 Å². The summed E-state index contributed by atoms with van der Waals surface area (Å²) < 4.78 is 32.2. The summed E-state index contributed by atoms with van der Waals surface area (Å²) >= 11 is 0. The van der Waals surface area contributed by atoms with Gasteiger partial charge in [0.05, 0.1) is 19.8 Å². The molecule has 0 aromatic heterocycles. The minimum absolute atomic E-state index is 0.0361. The first-order chi connectivity index (χ1) is 22.2. The van der Waals surface area contributed by atoms with Gasteiger partial charge in [0.2, 0.25) is 0 Å². The van der Waals surface area contributed by atoms with Crippen molar-refractivity contribution in [2.45, 2.75) is 69.7 Å². The van der Waals surface area contributed by atoms with E-state index in [1.165, 1.54) is 0 Å². The highest BCUT2D eigenvalue weighted by Gasteiger charge is 2.52. The maximum Gasteiger partial charge on any atom is 0.261 e. The average Bonchev–Trinajstić information content (AvgIpc) is 3.08. The lowest BCUT2D eigenvalue weighted by molar-refractivity contribution is -0.272. The first-order valence-corrected chi connectivity index (χ1v) is 17.8. The van der Waals surface area contributed by atoms with Gasteiger partial charge >= 0.3 is 0 Å². The van der Waals surface area contributed by atoms with Gasteiger partial charge < -0.3 is 28.5 Å². The van der Waals surface area contributed by atoms with E-state index in [1.807, 2.05) is 97.1 Å². The van der Waals surface area contributed by atoms with Crippen molar-refractivity contribution in [1.29, 1.82) is 0 Å². The first kappa shape index (κ1) is 33.9. The van der Waals surface area contributed by atoms with Gasteiger partial charge in [0.1, 0.15) is 24.4 Å². The fourth-order valence-corrected chi connectivity index (χ4v) is 10.9. The molecule has 46 heavy (non-hydrogen) atoms. The topological polar surface area (TPSA) is 66.4 Å². The fraction of sp³-hybridized carbons (Fsp3) is 0.333.